The highest BCUT2D eigenvalue weighted by molar-refractivity contribution is 7.92. The summed E-state index contributed by atoms with van der Waals surface area (Å²) >= 11 is 0. The van der Waals surface area contributed by atoms with E-state index in [1.165, 1.54) is 0 Å². The lowest BCUT2D eigenvalue weighted by atomic mass is 9.78. The van der Waals surface area contributed by atoms with Gasteiger partial charge in [0, 0.05) is 24.6 Å². The lowest BCUT2D eigenvalue weighted by Crippen LogP contribution is -2.45. The van der Waals surface area contributed by atoms with Crippen molar-refractivity contribution in [2.24, 2.45) is 10.4 Å². The van der Waals surface area contributed by atoms with Crippen molar-refractivity contribution >= 4 is 16.1 Å². The van der Waals surface area contributed by atoms with E-state index in [4.69, 9.17) is 4.74 Å². The molecular formula is C20H23NO3S. The van der Waals surface area contributed by atoms with Gasteiger partial charge in [-0.1, -0.05) is 37.3 Å². The van der Waals surface area contributed by atoms with E-state index in [-0.39, 0.29) is 0 Å². The first-order valence-electron chi connectivity index (χ1n) is 8.36. The predicted molar refractivity (Wildman–Crippen MR) is 100 cm³/mol. The molecule has 1 aliphatic heterocycles. The average Bonchev–Trinajstić information content (AvgIpc) is 2.62. The van der Waals surface area contributed by atoms with Gasteiger partial charge in [-0.2, -0.15) is 0 Å². The molecular weight excluding hydrogens is 334 g/mol. The maximum Gasteiger partial charge on any atom is 0.182 e. The molecule has 2 aromatic carbocycles. The molecule has 5 heteroatoms. The second-order valence-corrected chi connectivity index (χ2v) is 8.92. The highest BCUT2D eigenvalue weighted by Gasteiger charge is 2.44. The Kier molecular flexibility index (Phi) is 4.95. The number of sulfone groups is 1. The predicted octanol–water partition coefficient (Wildman–Crippen LogP) is 3.56. The Morgan fingerprint density at radius 2 is 1.80 bits per heavy atom. The fourth-order valence-electron chi connectivity index (χ4n) is 3.49. The fourth-order valence-corrected chi connectivity index (χ4v) is 5.58. The number of hydrogen-bond acceptors (Lipinski definition) is 4. The van der Waals surface area contributed by atoms with Crippen LogP contribution in [0.1, 0.15) is 18.9 Å². The van der Waals surface area contributed by atoms with Crippen LogP contribution in [0.5, 0.6) is 5.75 Å². The van der Waals surface area contributed by atoms with Crippen LogP contribution >= 0.6 is 0 Å². The van der Waals surface area contributed by atoms with Gasteiger partial charge in [-0.15, -0.1) is 0 Å². The topological polar surface area (TPSA) is 55.7 Å². The normalized spacial score (nSPS) is 23.4. The molecule has 0 saturated carbocycles. The highest BCUT2D eigenvalue weighted by atomic mass is 32.2. The zero-order valence-electron chi connectivity index (χ0n) is 14.6. The first kappa shape index (κ1) is 17.7. The molecule has 0 N–H and O–H groups in total. The summed E-state index contributed by atoms with van der Waals surface area (Å²) in [5, 5.41) is -0.494. The van der Waals surface area contributed by atoms with Crippen LogP contribution in [0.25, 0.3) is 0 Å². The van der Waals surface area contributed by atoms with E-state index in [9.17, 15) is 8.42 Å². The molecule has 1 heterocycles. The Balaban J connectivity index is 1.95. The SMILES string of the molecule is COc1ccc(S(=O)(=O)C2CC=NC[C@@]2(C)Cc2ccccc2)cc1. The first-order chi connectivity index (χ1) is 12.0. The van der Waals surface area contributed by atoms with Crippen molar-refractivity contribution in [2.45, 2.75) is 29.9 Å². The monoisotopic (exact) mass is 357 g/mol. The van der Waals surface area contributed by atoms with Crippen molar-refractivity contribution in [3.05, 3.63) is 60.2 Å². The molecule has 2 aromatic rings. The third-order valence-electron chi connectivity index (χ3n) is 4.89. The molecule has 0 amide bonds. The molecule has 1 unspecified atom stereocenters. The quantitative estimate of drug-likeness (QED) is 0.822. The number of aliphatic imine (C=N–C) groups is 1. The van der Waals surface area contributed by atoms with Gasteiger partial charge in [-0.3, -0.25) is 4.99 Å². The Morgan fingerprint density at radius 1 is 1.12 bits per heavy atom. The molecule has 0 saturated heterocycles. The van der Waals surface area contributed by atoms with Crippen LogP contribution in [0.2, 0.25) is 0 Å². The Morgan fingerprint density at radius 3 is 2.44 bits per heavy atom. The first-order valence-corrected chi connectivity index (χ1v) is 9.90. The third kappa shape index (κ3) is 3.61. The summed E-state index contributed by atoms with van der Waals surface area (Å²) in [6.07, 6.45) is 2.88. The number of benzene rings is 2. The molecule has 0 radical (unpaired) electrons. The van der Waals surface area contributed by atoms with Gasteiger partial charge in [0.05, 0.1) is 17.3 Å². The third-order valence-corrected chi connectivity index (χ3v) is 7.33. The van der Waals surface area contributed by atoms with Crippen molar-refractivity contribution < 1.29 is 13.2 Å². The van der Waals surface area contributed by atoms with Crippen LogP contribution in [0, 0.1) is 5.41 Å². The van der Waals surface area contributed by atoms with Crippen molar-refractivity contribution in [3.63, 3.8) is 0 Å². The van der Waals surface area contributed by atoms with Crippen LogP contribution in [0.3, 0.4) is 0 Å². The fraction of sp³-hybridized carbons (Fsp3) is 0.350. The summed E-state index contributed by atoms with van der Waals surface area (Å²) in [4.78, 5) is 4.74. The summed E-state index contributed by atoms with van der Waals surface area (Å²) in [6.45, 7) is 2.55. The van der Waals surface area contributed by atoms with Crippen molar-refractivity contribution in [2.75, 3.05) is 13.7 Å². The van der Waals surface area contributed by atoms with Gasteiger partial charge < -0.3 is 4.74 Å². The summed E-state index contributed by atoms with van der Waals surface area (Å²) in [5.41, 5.74) is 0.700. The maximum atomic E-state index is 13.3. The van der Waals surface area contributed by atoms with Crippen LogP contribution in [-0.2, 0) is 16.3 Å². The van der Waals surface area contributed by atoms with Gasteiger partial charge in [-0.25, -0.2) is 8.42 Å². The molecule has 132 valence electrons. The smallest absolute Gasteiger partial charge is 0.182 e. The largest absolute Gasteiger partial charge is 0.497 e. The van der Waals surface area contributed by atoms with Crippen LogP contribution in [-0.4, -0.2) is 33.5 Å². The van der Waals surface area contributed by atoms with E-state index < -0.39 is 20.5 Å². The van der Waals surface area contributed by atoms with Crippen molar-refractivity contribution in [3.8, 4) is 5.75 Å². The van der Waals surface area contributed by atoms with Gasteiger partial charge in [0.15, 0.2) is 9.84 Å². The zero-order chi connectivity index (χ0) is 17.9. The molecule has 1 aliphatic rings. The Labute approximate surface area is 149 Å². The summed E-state index contributed by atoms with van der Waals surface area (Å²) < 4.78 is 31.7. The highest BCUT2D eigenvalue weighted by Crippen LogP contribution is 2.38. The lowest BCUT2D eigenvalue weighted by Gasteiger charge is -2.38. The lowest BCUT2D eigenvalue weighted by molar-refractivity contribution is 0.305. The van der Waals surface area contributed by atoms with Gasteiger partial charge in [-0.05, 0) is 36.2 Å². The number of rotatable bonds is 5. The Bertz CT molecular complexity index is 844. The molecule has 4 nitrogen and oxygen atoms in total. The standard InChI is InChI=1S/C20H23NO3S/c1-20(14-16-6-4-3-5-7-16)15-21-13-12-19(20)25(22,23)18-10-8-17(24-2)9-11-18/h3-11,13,19H,12,14-15H2,1-2H3/t19?,20-/m1/s1. The second-order valence-electron chi connectivity index (χ2n) is 6.78. The minimum atomic E-state index is -3.46. The van der Waals surface area contributed by atoms with Crippen LogP contribution in [0.15, 0.2) is 64.5 Å². The molecule has 0 bridgehead atoms. The molecule has 0 fully saturated rings. The summed E-state index contributed by atoms with van der Waals surface area (Å²) in [6, 6.07) is 16.7. The van der Waals surface area contributed by atoms with Crippen molar-refractivity contribution in [1.29, 1.82) is 0 Å². The van der Waals surface area contributed by atoms with E-state index in [2.05, 4.69) is 4.99 Å². The molecule has 2 atom stereocenters. The van der Waals surface area contributed by atoms with E-state index >= 15 is 0 Å². The van der Waals surface area contributed by atoms with Gasteiger partial charge in [0.2, 0.25) is 0 Å². The zero-order valence-corrected chi connectivity index (χ0v) is 15.4. The average molecular weight is 357 g/mol. The number of nitrogens with zero attached hydrogens (tertiary/aromatic N) is 1. The summed E-state index contributed by atoms with van der Waals surface area (Å²) in [5.74, 6) is 0.649. The number of ether oxygens (including phenoxy) is 1. The van der Waals surface area contributed by atoms with Crippen LogP contribution in [0.4, 0.5) is 0 Å². The van der Waals surface area contributed by atoms with E-state index in [0.717, 1.165) is 5.56 Å². The molecule has 25 heavy (non-hydrogen) atoms. The van der Waals surface area contributed by atoms with Gasteiger partial charge in [0.1, 0.15) is 5.75 Å². The molecule has 3 rings (SSSR count). The van der Waals surface area contributed by atoms with Crippen LogP contribution < -0.4 is 4.74 Å². The van der Waals surface area contributed by atoms with E-state index in [0.29, 0.717) is 30.0 Å². The molecule has 0 aromatic heterocycles. The van der Waals surface area contributed by atoms with Gasteiger partial charge in [0.25, 0.3) is 0 Å². The summed E-state index contributed by atoms with van der Waals surface area (Å²) in [7, 11) is -1.89. The minimum absolute atomic E-state index is 0.341. The van der Waals surface area contributed by atoms with E-state index in [1.54, 1.807) is 37.6 Å². The molecule has 0 aliphatic carbocycles. The second kappa shape index (κ2) is 7.00. The maximum absolute atomic E-state index is 13.3. The number of hydrogen-bond donors (Lipinski definition) is 0. The van der Waals surface area contributed by atoms with Crippen molar-refractivity contribution in [1.82, 2.24) is 0 Å². The van der Waals surface area contributed by atoms with Gasteiger partial charge >= 0.3 is 0 Å². The van der Waals surface area contributed by atoms with E-state index in [1.807, 2.05) is 37.3 Å². The number of methoxy groups -OCH3 is 1. The Hall–Kier alpha value is -2.14. The minimum Gasteiger partial charge on any atom is -0.497 e. The molecule has 0 spiro atoms.